The number of piperidine rings is 1. The highest BCUT2D eigenvalue weighted by Gasteiger charge is 2.22. The van der Waals surface area contributed by atoms with E-state index in [9.17, 15) is 4.79 Å². The van der Waals surface area contributed by atoms with E-state index in [-0.39, 0.29) is 18.3 Å². The maximum absolute atomic E-state index is 11.8. The van der Waals surface area contributed by atoms with Crippen molar-refractivity contribution in [1.82, 2.24) is 10.6 Å². The topological polar surface area (TPSA) is 41.1 Å². The Morgan fingerprint density at radius 2 is 1.75 bits per heavy atom. The lowest BCUT2D eigenvalue weighted by Gasteiger charge is -2.22. The summed E-state index contributed by atoms with van der Waals surface area (Å²) in [4.78, 5) is 11.8. The summed E-state index contributed by atoms with van der Waals surface area (Å²) in [5, 5.41) is 6.41. The quantitative estimate of drug-likeness (QED) is 0.796. The molecule has 94 valence electrons. The molecular weight excluding hydrogens is 224 g/mol. The summed E-state index contributed by atoms with van der Waals surface area (Å²) in [5.74, 6) is 1.33. The summed E-state index contributed by atoms with van der Waals surface area (Å²) in [5.41, 5.74) is 0. The lowest BCUT2D eigenvalue weighted by Crippen LogP contribution is -2.39. The van der Waals surface area contributed by atoms with Crippen LogP contribution < -0.4 is 10.6 Å². The summed E-state index contributed by atoms with van der Waals surface area (Å²) in [6.45, 7) is 2.92. The Morgan fingerprint density at radius 1 is 1.12 bits per heavy atom. The van der Waals surface area contributed by atoms with E-state index < -0.39 is 0 Å². The second-order valence-electron chi connectivity index (χ2n) is 4.92. The first-order valence-electron chi connectivity index (χ1n) is 6.34. The molecule has 0 atom stereocenters. The minimum atomic E-state index is 0. The van der Waals surface area contributed by atoms with Crippen molar-refractivity contribution in [2.75, 3.05) is 19.6 Å². The van der Waals surface area contributed by atoms with E-state index in [1.165, 1.54) is 25.7 Å². The van der Waals surface area contributed by atoms with Gasteiger partial charge in [0.25, 0.3) is 0 Å². The van der Waals surface area contributed by atoms with Crippen LogP contribution in [0.5, 0.6) is 0 Å². The first kappa shape index (κ1) is 13.8. The Balaban J connectivity index is 0.00000128. The summed E-state index contributed by atoms with van der Waals surface area (Å²) >= 11 is 0. The average Bonchev–Trinajstić information content (AvgIpc) is 2.80. The van der Waals surface area contributed by atoms with Crippen LogP contribution in [0.25, 0.3) is 0 Å². The van der Waals surface area contributed by atoms with Gasteiger partial charge in [-0.3, -0.25) is 4.79 Å². The van der Waals surface area contributed by atoms with Gasteiger partial charge in [-0.15, -0.1) is 12.4 Å². The Kier molecular flexibility index (Phi) is 6.14. The number of hydrogen-bond donors (Lipinski definition) is 2. The fraction of sp³-hybridized carbons (Fsp3) is 0.917. The van der Waals surface area contributed by atoms with Gasteiger partial charge in [0, 0.05) is 12.5 Å². The lowest BCUT2D eigenvalue weighted by molar-refractivity contribution is -0.125. The van der Waals surface area contributed by atoms with Crippen molar-refractivity contribution < 1.29 is 4.79 Å². The van der Waals surface area contributed by atoms with Crippen LogP contribution in [0.2, 0.25) is 0 Å². The van der Waals surface area contributed by atoms with Gasteiger partial charge in [0.2, 0.25) is 5.91 Å². The highest BCUT2D eigenvalue weighted by Crippen LogP contribution is 2.24. The molecule has 0 bridgehead atoms. The summed E-state index contributed by atoms with van der Waals surface area (Å²) in [7, 11) is 0. The molecule has 1 heterocycles. The minimum Gasteiger partial charge on any atom is -0.356 e. The molecule has 0 spiro atoms. The molecule has 2 fully saturated rings. The van der Waals surface area contributed by atoms with E-state index in [1.54, 1.807) is 0 Å². The SMILES string of the molecule is Cl.O=C(NCC1CCCC1)C1CCNCC1. The van der Waals surface area contributed by atoms with Crippen LogP contribution in [0.3, 0.4) is 0 Å². The summed E-state index contributed by atoms with van der Waals surface area (Å²) in [6, 6.07) is 0. The third-order valence-electron chi connectivity index (χ3n) is 3.75. The standard InChI is InChI=1S/C12H22N2O.ClH/c15-12(11-5-7-13-8-6-11)14-9-10-3-1-2-4-10;/h10-11,13H,1-9H2,(H,14,15);1H. The molecule has 1 saturated carbocycles. The fourth-order valence-corrected chi connectivity index (χ4v) is 2.69. The summed E-state index contributed by atoms with van der Waals surface area (Å²) in [6.07, 6.45) is 7.35. The molecule has 2 rings (SSSR count). The van der Waals surface area contributed by atoms with Crippen LogP contribution in [0.4, 0.5) is 0 Å². The van der Waals surface area contributed by atoms with Crippen LogP contribution >= 0.6 is 12.4 Å². The minimum absolute atomic E-state index is 0. The Bertz CT molecular complexity index is 211. The molecule has 1 aliphatic heterocycles. The van der Waals surface area contributed by atoms with Crippen LogP contribution in [-0.4, -0.2) is 25.5 Å². The smallest absolute Gasteiger partial charge is 0.223 e. The zero-order chi connectivity index (χ0) is 10.5. The molecule has 0 aromatic heterocycles. The monoisotopic (exact) mass is 246 g/mol. The molecule has 1 aliphatic carbocycles. The van der Waals surface area contributed by atoms with Gasteiger partial charge in [-0.1, -0.05) is 12.8 Å². The van der Waals surface area contributed by atoms with Gasteiger partial charge < -0.3 is 10.6 Å². The van der Waals surface area contributed by atoms with Gasteiger partial charge in [-0.05, 0) is 44.7 Å². The highest BCUT2D eigenvalue weighted by atomic mass is 35.5. The largest absolute Gasteiger partial charge is 0.356 e. The zero-order valence-corrected chi connectivity index (χ0v) is 10.7. The van der Waals surface area contributed by atoms with Gasteiger partial charge in [0.15, 0.2) is 0 Å². The average molecular weight is 247 g/mol. The first-order chi connectivity index (χ1) is 7.36. The number of amides is 1. The third-order valence-corrected chi connectivity index (χ3v) is 3.75. The van der Waals surface area contributed by atoms with Gasteiger partial charge >= 0.3 is 0 Å². The zero-order valence-electron chi connectivity index (χ0n) is 9.84. The van der Waals surface area contributed by atoms with E-state index in [1.807, 2.05) is 0 Å². The second kappa shape index (κ2) is 7.13. The van der Waals surface area contributed by atoms with Crippen molar-refractivity contribution >= 4 is 18.3 Å². The molecule has 0 aromatic carbocycles. The maximum atomic E-state index is 11.8. The Labute approximate surface area is 104 Å². The predicted molar refractivity (Wildman–Crippen MR) is 67.8 cm³/mol. The molecule has 4 heteroatoms. The lowest BCUT2D eigenvalue weighted by atomic mass is 9.97. The van der Waals surface area contributed by atoms with E-state index in [2.05, 4.69) is 10.6 Å². The van der Waals surface area contributed by atoms with Crippen LogP contribution in [0.1, 0.15) is 38.5 Å². The molecule has 0 radical (unpaired) electrons. The van der Waals surface area contributed by atoms with Crippen LogP contribution in [-0.2, 0) is 4.79 Å². The molecular formula is C12H23ClN2O. The van der Waals surface area contributed by atoms with E-state index in [0.29, 0.717) is 5.91 Å². The molecule has 2 N–H and O–H groups in total. The first-order valence-corrected chi connectivity index (χ1v) is 6.34. The molecule has 0 aromatic rings. The molecule has 2 aliphatic rings. The van der Waals surface area contributed by atoms with Crippen molar-refractivity contribution in [3.63, 3.8) is 0 Å². The molecule has 1 amide bonds. The summed E-state index contributed by atoms with van der Waals surface area (Å²) < 4.78 is 0. The Hall–Kier alpha value is -0.280. The molecule has 0 unspecified atom stereocenters. The number of carbonyl (C=O) groups excluding carboxylic acids is 1. The van der Waals surface area contributed by atoms with Gasteiger partial charge in [-0.2, -0.15) is 0 Å². The number of halogens is 1. The van der Waals surface area contributed by atoms with Crippen molar-refractivity contribution in [3.05, 3.63) is 0 Å². The molecule has 3 nitrogen and oxygen atoms in total. The molecule has 1 saturated heterocycles. The van der Waals surface area contributed by atoms with Crippen molar-refractivity contribution in [2.24, 2.45) is 11.8 Å². The molecule has 16 heavy (non-hydrogen) atoms. The number of nitrogens with one attached hydrogen (secondary N) is 2. The van der Waals surface area contributed by atoms with Crippen molar-refractivity contribution in [3.8, 4) is 0 Å². The van der Waals surface area contributed by atoms with Gasteiger partial charge in [0.05, 0.1) is 0 Å². The number of hydrogen-bond acceptors (Lipinski definition) is 2. The normalized spacial score (nSPS) is 22.8. The number of carbonyl (C=O) groups is 1. The number of rotatable bonds is 3. The second-order valence-corrected chi connectivity index (χ2v) is 4.92. The van der Waals surface area contributed by atoms with Gasteiger partial charge in [-0.25, -0.2) is 0 Å². The highest BCUT2D eigenvalue weighted by molar-refractivity contribution is 5.85. The van der Waals surface area contributed by atoms with Crippen LogP contribution in [0.15, 0.2) is 0 Å². The van der Waals surface area contributed by atoms with Gasteiger partial charge in [0.1, 0.15) is 0 Å². The fourth-order valence-electron chi connectivity index (χ4n) is 2.69. The van der Waals surface area contributed by atoms with E-state index >= 15 is 0 Å². The Morgan fingerprint density at radius 3 is 2.38 bits per heavy atom. The van der Waals surface area contributed by atoms with Crippen molar-refractivity contribution in [2.45, 2.75) is 38.5 Å². The van der Waals surface area contributed by atoms with E-state index in [4.69, 9.17) is 0 Å². The maximum Gasteiger partial charge on any atom is 0.223 e. The third kappa shape index (κ3) is 3.95. The van der Waals surface area contributed by atoms with Crippen LogP contribution in [0, 0.1) is 11.8 Å². The van der Waals surface area contributed by atoms with Crippen molar-refractivity contribution in [1.29, 1.82) is 0 Å². The van der Waals surface area contributed by atoms with E-state index in [0.717, 1.165) is 38.4 Å². The predicted octanol–water partition coefficient (Wildman–Crippen LogP) is 1.71.